The molecule has 1 aliphatic heterocycles. The highest BCUT2D eigenvalue weighted by Crippen LogP contribution is 2.26. The summed E-state index contributed by atoms with van der Waals surface area (Å²) in [6.45, 7) is 3.65. The van der Waals surface area contributed by atoms with Gasteiger partial charge in [-0.05, 0) is 48.9 Å². The van der Waals surface area contributed by atoms with Gasteiger partial charge in [0, 0.05) is 30.7 Å². The molecule has 2 heterocycles. The van der Waals surface area contributed by atoms with Crippen LogP contribution >= 0.6 is 11.3 Å². The highest BCUT2D eigenvalue weighted by atomic mass is 32.2. The van der Waals surface area contributed by atoms with Crippen molar-refractivity contribution in [1.29, 1.82) is 0 Å². The summed E-state index contributed by atoms with van der Waals surface area (Å²) in [6.07, 6.45) is 2.89. The van der Waals surface area contributed by atoms with Crippen molar-refractivity contribution in [2.24, 2.45) is 0 Å². The molecule has 0 bridgehead atoms. The summed E-state index contributed by atoms with van der Waals surface area (Å²) in [4.78, 5) is 15.5. The number of sulfonamides is 1. The molecule has 0 aliphatic carbocycles. The minimum atomic E-state index is -3.51. The fraction of sp³-hybridized carbons (Fsp3) is 0.450. The van der Waals surface area contributed by atoms with Crippen LogP contribution in [0.2, 0.25) is 0 Å². The van der Waals surface area contributed by atoms with E-state index >= 15 is 0 Å². The first-order valence-electron chi connectivity index (χ1n) is 9.49. The molecule has 6 nitrogen and oxygen atoms in total. The van der Waals surface area contributed by atoms with Gasteiger partial charge in [0.1, 0.15) is 0 Å². The van der Waals surface area contributed by atoms with E-state index in [1.54, 1.807) is 46.6 Å². The molecule has 1 aromatic heterocycles. The Bertz CT molecular complexity index is 905. The monoisotopic (exact) mass is 421 g/mol. The number of hydrogen-bond acceptors (Lipinski definition) is 5. The number of anilines is 1. The molecule has 1 N–H and O–H groups in total. The Morgan fingerprint density at radius 1 is 1.21 bits per heavy atom. The fourth-order valence-corrected chi connectivity index (χ4v) is 5.79. The molecule has 2 aromatic rings. The van der Waals surface area contributed by atoms with Crippen LogP contribution in [0.5, 0.6) is 0 Å². The minimum Gasteiger partial charge on any atom is -0.376 e. The van der Waals surface area contributed by atoms with Crippen molar-refractivity contribution in [3.05, 3.63) is 46.2 Å². The summed E-state index contributed by atoms with van der Waals surface area (Å²) in [5, 5.41) is 5.07. The predicted molar refractivity (Wildman–Crippen MR) is 113 cm³/mol. The molecule has 1 aromatic carbocycles. The normalized spacial score (nSPS) is 15.4. The molecule has 1 saturated heterocycles. The van der Waals surface area contributed by atoms with Crippen LogP contribution < -0.4 is 5.32 Å². The van der Waals surface area contributed by atoms with Crippen molar-refractivity contribution < 1.29 is 13.2 Å². The van der Waals surface area contributed by atoms with Gasteiger partial charge in [0.2, 0.25) is 15.9 Å². The van der Waals surface area contributed by atoms with Crippen LogP contribution in [0.3, 0.4) is 0 Å². The number of carbonyl (C=O) groups is 1. The Hall–Kier alpha value is -1.90. The number of amides is 1. The van der Waals surface area contributed by atoms with Gasteiger partial charge in [-0.1, -0.05) is 18.6 Å². The first kappa shape index (κ1) is 20.8. The quantitative estimate of drug-likeness (QED) is 0.745. The zero-order chi connectivity index (χ0) is 20.1. The number of carbonyl (C=O) groups excluding carboxylic acids is 1. The number of rotatable bonds is 7. The van der Waals surface area contributed by atoms with Crippen LogP contribution in [0.15, 0.2) is 40.6 Å². The summed E-state index contributed by atoms with van der Waals surface area (Å²) >= 11 is 1.62. The maximum atomic E-state index is 13.0. The van der Waals surface area contributed by atoms with Crippen LogP contribution in [-0.4, -0.2) is 50.2 Å². The van der Waals surface area contributed by atoms with Crippen molar-refractivity contribution in [2.45, 2.75) is 37.6 Å². The van der Waals surface area contributed by atoms with Gasteiger partial charge in [-0.2, -0.15) is 4.31 Å². The number of benzene rings is 1. The number of piperidine rings is 1. The molecule has 152 valence electrons. The van der Waals surface area contributed by atoms with Crippen LogP contribution in [0.25, 0.3) is 0 Å². The maximum Gasteiger partial charge on any atom is 0.243 e. The molecule has 1 fully saturated rings. The SMILES string of the molecule is Cc1ccc(NCC(=O)N(C)Cc2cccs2)cc1S(=O)(=O)N1CCCCC1. The molecule has 1 aliphatic rings. The second-order valence-electron chi connectivity index (χ2n) is 7.13. The Balaban J connectivity index is 1.66. The fourth-order valence-electron chi connectivity index (χ4n) is 3.27. The standard InChI is InChI=1S/C20H27N3O3S2/c1-16-8-9-17(13-19(16)28(25,26)23-10-4-3-5-11-23)21-14-20(24)22(2)15-18-7-6-12-27-18/h6-9,12-13,21H,3-5,10-11,14-15H2,1-2H3. The molecule has 0 radical (unpaired) electrons. The van der Waals surface area contributed by atoms with Gasteiger partial charge >= 0.3 is 0 Å². The summed E-state index contributed by atoms with van der Waals surface area (Å²) in [7, 11) is -1.74. The highest BCUT2D eigenvalue weighted by Gasteiger charge is 2.27. The third-order valence-electron chi connectivity index (χ3n) is 4.96. The number of thiophene rings is 1. The molecule has 0 saturated carbocycles. The Morgan fingerprint density at radius 3 is 2.64 bits per heavy atom. The Kier molecular flexibility index (Phi) is 6.74. The highest BCUT2D eigenvalue weighted by molar-refractivity contribution is 7.89. The molecule has 28 heavy (non-hydrogen) atoms. The zero-order valence-corrected chi connectivity index (χ0v) is 18.0. The molecular weight excluding hydrogens is 394 g/mol. The number of aryl methyl sites for hydroxylation is 1. The lowest BCUT2D eigenvalue weighted by molar-refractivity contribution is -0.128. The van der Waals surface area contributed by atoms with E-state index in [1.165, 1.54) is 0 Å². The van der Waals surface area contributed by atoms with E-state index in [-0.39, 0.29) is 12.5 Å². The second kappa shape index (κ2) is 9.07. The van der Waals surface area contributed by atoms with Crippen molar-refractivity contribution in [3.8, 4) is 0 Å². The Labute approximate surface area is 171 Å². The van der Waals surface area contributed by atoms with E-state index in [4.69, 9.17) is 0 Å². The van der Waals surface area contributed by atoms with Crippen LogP contribution in [0.1, 0.15) is 29.7 Å². The van der Waals surface area contributed by atoms with Gasteiger partial charge < -0.3 is 10.2 Å². The predicted octanol–water partition coefficient (Wildman–Crippen LogP) is 3.30. The number of hydrogen-bond donors (Lipinski definition) is 1. The van der Waals surface area contributed by atoms with E-state index in [2.05, 4.69) is 5.32 Å². The van der Waals surface area contributed by atoms with Gasteiger partial charge in [0.25, 0.3) is 0 Å². The van der Waals surface area contributed by atoms with E-state index in [0.29, 0.717) is 30.2 Å². The van der Waals surface area contributed by atoms with E-state index in [9.17, 15) is 13.2 Å². The minimum absolute atomic E-state index is 0.0468. The van der Waals surface area contributed by atoms with Crippen molar-refractivity contribution in [3.63, 3.8) is 0 Å². The van der Waals surface area contributed by atoms with E-state index in [1.807, 2.05) is 23.6 Å². The zero-order valence-electron chi connectivity index (χ0n) is 16.3. The van der Waals surface area contributed by atoms with Gasteiger partial charge in [-0.15, -0.1) is 11.3 Å². The third kappa shape index (κ3) is 4.92. The molecule has 1 amide bonds. The number of nitrogens with one attached hydrogen (secondary N) is 1. The number of likely N-dealkylation sites (N-methyl/N-ethyl adjacent to an activating group) is 1. The number of nitrogens with zero attached hydrogens (tertiary/aromatic N) is 2. The summed E-state index contributed by atoms with van der Waals surface area (Å²) in [5.74, 6) is -0.0468. The smallest absolute Gasteiger partial charge is 0.243 e. The van der Waals surface area contributed by atoms with Crippen molar-refractivity contribution in [1.82, 2.24) is 9.21 Å². The van der Waals surface area contributed by atoms with Crippen LogP contribution in [0.4, 0.5) is 5.69 Å². The van der Waals surface area contributed by atoms with Gasteiger partial charge in [-0.3, -0.25) is 4.79 Å². The second-order valence-corrected chi connectivity index (χ2v) is 10.1. The summed E-state index contributed by atoms with van der Waals surface area (Å²) < 4.78 is 27.6. The molecule has 8 heteroatoms. The van der Waals surface area contributed by atoms with Gasteiger partial charge in [-0.25, -0.2) is 8.42 Å². The molecule has 0 atom stereocenters. The van der Waals surface area contributed by atoms with Crippen molar-refractivity contribution >= 4 is 33.0 Å². The lowest BCUT2D eigenvalue weighted by Gasteiger charge is -2.26. The first-order valence-corrected chi connectivity index (χ1v) is 11.8. The van der Waals surface area contributed by atoms with Crippen molar-refractivity contribution in [2.75, 3.05) is 32.0 Å². The summed E-state index contributed by atoms with van der Waals surface area (Å²) in [5.41, 5.74) is 1.36. The topological polar surface area (TPSA) is 69.7 Å². The molecule has 3 rings (SSSR count). The lowest BCUT2D eigenvalue weighted by Crippen LogP contribution is -2.36. The van der Waals surface area contributed by atoms with E-state index < -0.39 is 10.0 Å². The molecule has 0 unspecified atom stereocenters. The maximum absolute atomic E-state index is 13.0. The van der Waals surface area contributed by atoms with Crippen LogP contribution in [-0.2, 0) is 21.4 Å². The Morgan fingerprint density at radius 2 is 1.96 bits per heavy atom. The van der Waals surface area contributed by atoms with E-state index in [0.717, 1.165) is 29.7 Å². The van der Waals surface area contributed by atoms with Gasteiger partial charge in [0.15, 0.2) is 0 Å². The average Bonchev–Trinajstić information content (AvgIpc) is 3.20. The van der Waals surface area contributed by atoms with Gasteiger partial charge in [0.05, 0.1) is 18.0 Å². The third-order valence-corrected chi connectivity index (χ3v) is 7.87. The molecular formula is C20H27N3O3S2. The van der Waals surface area contributed by atoms with Crippen LogP contribution in [0, 0.1) is 6.92 Å². The lowest BCUT2D eigenvalue weighted by atomic mass is 10.2. The molecule has 0 spiro atoms. The first-order chi connectivity index (χ1) is 13.4. The average molecular weight is 422 g/mol. The summed E-state index contributed by atoms with van der Waals surface area (Å²) in [6, 6.07) is 9.22. The largest absolute Gasteiger partial charge is 0.376 e.